The number of nitrogens with zero attached hydrogens (tertiary/aromatic N) is 4. The van der Waals surface area contributed by atoms with Crippen molar-refractivity contribution in [2.45, 2.75) is 17.4 Å². The van der Waals surface area contributed by atoms with Crippen molar-refractivity contribution in [3.63, 3.8) is 0 Å². The van der Waals surface area contributed by atoms with E-state index >= 15 is 0 Å². The Bertz CT molecular complexity index is 1370. The second kappa shape index (κ2) is 7.50. The first-order chi connectivity index (χ1) is 14.9. The van der Waals surface area contributed by atoms with Crippen molar-refractivity contribution >= 4 is 54.4 Å². The van der Waals surface area contributed by atoms with E-state index in [-0.39, 0.29) is 23.4 Å². The third kappa shape index (κ3) is 3.59. The number of hydrogen-bond donors (Lipinski definition) is 3. The van der Waals surface area contributed by atoms with Crippen LogP contribution in [0.25, 0.3) is 11.0 Å². The number of sulfonamides is 1. The summed E-state index contributed by atoms with van der Waals surface area (Å²) < 4.78 is 29.3. The summed E-state index contributed by atoms with van der Waals surface area (Å²) >= 11 is 3.35. The Kier molecular flexibility index (Phi) is 4.78. The maximum atomic E-state index is 13.5. The first-order valence-electron chi connectivity index (χ1n) is 9.51. The fraction of sp³-hybridized carbons (Fsp3) is 0.150. The van der Waals surface area contributed by atoms with Gasteiger partial charge in [-0.2, -0.15) is 15.1 Å². The van der Waals surface area contributed by atoms with Gasteiger partial charge in [0.1, 0.15) is 5.82 Å². The molecule has 0 saturated carbocycles. The van der Waals surface area contributed by atoms with E-state index in [1.54, 1.807) is 30.5 Å². The largest absolute Gasteiger partial charge is 0.368 e. The highest BCUT2D eigenvalue weighted by Gasteiger charge is 2.33. The maximum Gasteiger partial charge on any atom is 0.264 e. The van der Waals surface area contributed by atoms with Crippen LogP contribution in [0.2, 0.25) is 0 Å². The Morgan fingerprint density at radius 2 is 1.90 bits per heavy atom. The number of anilines is 3. The SMILES string of the molecule is Nc1nc(NC2Cc3ccccc3N(S(=O)(=O)c3ccc(Br)cc3)C2)c2cn[nH]c2n1. The smallest absolute Gasteiger partial charge is 0.264 e. The number of benzene rings is 2. The van der Waals surface area contributed by atoms with E-state index in [1.807, 2.05) is 24.3 Å². The third-order valence-electron chi connectivity index (χ3n) is 5.18. The molecule has 0 aliphatic carbocycles. The minimum absolute atomic E-state index is 0.106. The number of H-pyrrole nitrogens is 1. The van der Waals surface area contributed by atoms with Gasteiger partial charge in [-0.1, -0.05) is 34.1 Å². The van der Waals surface area contributed by atoms with Crippen molar-refractivity contribution in [2.75, 3.05) is 21.9 Å². The minimum Gasteiger partial charge on any atom is -0.368 e. The van der Waals surface area contributed by atoms with Gasteiger partial charge in [-0.25, -0.2) is 8.42 Å². The molecule has 11 heteroatoms. The molecule has 5 rings (SSSR count). The minimum atomic E-state index is -3.76. The van der Waals surface area contributed by atoms with E-state index in [4.69, 9.17) is 5.73 Å². The van der Waals surface area contributed by atoms with Crippen LogP contribution in [0.15, 0.2) is 64.1 Å². The summed E-state index contributed by atoms with van der Waals surface area (Å²) in [6, 6.07) is 13.9. The predicted octanol–water partition coefficient (Wildman–Crippen LogP) is 2.93. The quantitative estimate of drug-likeness (QED) is 0.393. The molecule has 4 N–H and O–H groups in total. The molecule has 0 fully saturated rings. The highest BCUT2D eigenvalue weighted by atomic mass is 79.9. The highest BCUT2D eigenvalue weighted by Crippen LogP contribution is 2.33. The summed E-state index contributed by atoms with van der Waals surface area (Å²) in [7, 11) is -3.76. The molecule has 0 radical (unpaired) electrons. The van der Waals surface area contributed by atoms with E-state index in [0.717, 1.165) is 10.0 Å². The van der Waals surface area contributed by atoms with Gasteiger partial charge in [-0.15, -0.1) is 0 Å². The molecule has 1 atom stereocenters. The summed E-state index contributed by atoms with van der Waals surface area (Å²) in [5, 5.41) is 10.8. The van der Waals surface area contributed by atoms with E-state index in [2.05, 4.69) is 41.4 Å². The van der Waals surface area contributed by atoms with Gasteiger partial charge >= 0.3 is 0 Å². The topological polar surface area (TPSA) is 130 Å². The third-order valence-corrected chi connectivity index (χ3v) is 7.50. The number of aromatic nitrogens is 4. The standard InChI is InChI=1S/C20H18BrN7O2S/c21-13-5-7-15(8-6-13)31(29,30)28-11-14(9-12-3-1-2-4-17(12)28)24-18-16-10-23-27-19(16)26-20(22)25-18/h1-8,10,14H,9,11H2,(H4,22,23,24,25,26,27). The number of nitrogen functional groups attached to an aromatic ring is 1. The summed E-state index contributed by atoms with van der Waals surface area (Å²) in [5.41, 5.74) is 7.96. The second-order valence-electron chi connectivity index (χ2n) is 7.23. The van der Waals surface area contributed by atoms with Crippen LogP contribution in [-0.4, -0.2) is 41.2 Å². The molecular weight excluding hydrogens is 482 g/mol. The number of para-hydroxylation sites is 1. The second-order valence-corrected chi connectivity index (χ2v) is 10.0. The lowest BCUT2D eigenvalue weighted by Gasteiger charge is -2.35. The van der Waals surface area contributed by atoms with Gasteiger partial charge in [0.05, 0.1) is 34.8 Å². The first-order valence-corrected chi connectivity index (χ1v) is 11.7. The van der Waals surface area contributed by atoms with Gasteiger partial charge < -0.3 is 11.1 Å². The lowest BCUT2D eigenvalue weighted by atomic mass is 9.99. The van der Waals surface area contributed by atoms with Crippen LogP contribution in [0, 0.1) is 0 Å². The van der Waals surface area contributed by atoms with Crippen molar-refractivity contribution < 1.29 is 8.42 Å². The fourth-order valence-corrected chi connectivity index (χ4v) is 5.58. The summed E-state index contributed by atoms with van der Waals surface area (Å²) in [6.07, 6.45) is 2.25. The van der Waals surface area contributed by atoms with Crippen molar-refractivity contribution in [3.05, 3.63) is 64.8 Å². The first kappa shape index (κ1) is 19.8. The predicted molar refractivity (Wildman–Crippen MR) is 122 cm³/mol. The van der Waals surface area contributed by atoms with Crippen molar-refractivity contribution in [1.29, 1.82) is 0 Å². The zero-order valence-electron chi connectivity index (χ0n) is 16.2. The zero-order chi connectivity index (χ0) is 21.6. The van der Waals surface area contributed by atoms with Gasteiger partial charge in [0.25, 0.3) is 10.0 Å². The maximum absolute atomic E-state index is 13.5. The number of fused-ring (bicyclic) bond motifs is 2. The molecule has 1 unspecified atom stereocenters. The summed E-state index contributed by atoms with van der Waals surface area (Å²) in [5.74, 6) is 0.622. The van der Waals surface area contributed by atoms with Crippen LogP contribution in [0.1, 0.15) is 5.56 Å². The molecule has 3 heterocycles. The Morgan fingerprint density at radius 3 is 2.71 bits per heavy atom. The van der Waals surface area contributed by atoms with Crippen LogP contribution in [-0.2, 0) is 16.4 Å². The number of hydrogen-bond acceptors (Lipinski definition) is 7. The van der Waals surface area contributed by atoms with Gasteiger partial charge in [-0.05, 0) is 42.3 Å². The van der Waals surface area contributed by atoms with E-state index in [9.17, 15) is 8.42 Å². The normalized spacial score (nSPS) is 16.3. The van der Waals surface area contributed by atoms with E-state index in [1.165, 1.54) is 4.31 Å². The molecule has 0 amide bonds. The van der Waals surface area contributed by atoms with Crippen molar-refractivity contribution in [3.8, 4) is 0 Å². The lowest BCUT2D eigenvalue weighted by molar-refractivity contribution is 0.581. The number of aromatic amines is 1. The Balaban J connectivity index is 1.53. The van der Waals surface area contributed by atoms with Crippen LogP contribution in [0.5, 0.6) is 0 Å². The summed E-state index contributed by atoms with van der Waals surface area (Å²) in [4.78, 5) is 8.66. The monoisotopic (exact) mass is 499 g/mol. The van der Waals surface area contributed by atoms with E-state index < -0.39 is 10.0 Å². The number of nitrogens with two attached hydrogens (primary N) is 1. The molecular formula is C20H18BrN7O2S. The lowest BCUT2D eigenvalue weighted by Crippen LogP contribution is -2.45. The van der Waals surface area contributed by atoms with Gasteiger partial charge in [0, 0.05) is 4.47 Å². The van der Waals surface area contributed by atoms with Crippen LogP contribution in [0.4, 0.5) is 17.5 Å². The van der Waals surface area contributed by atoms with Gasteiger partial charge in [-0.3, -0.25) is 9.40 Å². The van der Waals surface area contributed by atoms with E-state index in [0.29, 0.717) is 29.0 Å². The fourth-order valence-electron chi connectivity index (χ4n) is 3.77. The molecule has 9 nitrogen and oxygen atoms in total. The van der Waals surface area contributed by atoms with Crippen LogP contribution >= 0.6 is 15.9 Å². The molecule has 4 aromatic rings. The molecule has 0 saturated heterocycles. The average Bonchev–Trinajstić information content (AvgIpc) is 3.22. The number of rotatable bonds is 4. The van der Waals surface area contributed by atoms with Crippen LogP contribution < -0.4 is 15.4 Å². The molecule has 0 spiro atoms. The molecule has 1 aliphatic heterocycles. The Morgan fingerprint density at radius 1 is 1.13 bits per heavy atom. The highest BCUT2D eigenvalue weighted by molar-refractivity contribution is 9.10. The van der Waals surface area contributed by atoms with Gasteiger partial charge in [0.15, 0.2) is 5.65 Å². The Labute approximate surface area is 186 Å². The summed E-state index contributed by atoms with van der Waals surface area (Å²) in [6.45, 7) is 0.235. The van der Waals surface area contributed by atoms with Gasteiger partial charge in [0.2, 0.25) is 5.95 Å². The van der Waals surface area contributed by atoms with Crippen molar-refractivity contribution in [2.24, 2.45) is 0 Å². The number of halogens is 1. The van der Waals surface area contributed by atoms with Crippen LogP contribution in [0.3, 0.4) is 0 Å². The molecule has 0 bridgehead atoms. The molecule has 2 aromatic heterocycles. The molecule has 31 heavy (non-hydrogen) atoms. The Hall–Kier alpha value is -3.18. The average molecular weight is 500 g/mol. The molecule has 158 valence electrons. The zero-order valence-corrected chi connectivity index (χ0v) is 18.6. The molecule has 1 aliphatic rings. The number of nitrogens with one attached hydrogen (secondary N) is 2. The van der Waals surface area contributed by atoms with Crippen molar-refractivity contribution in [1.82, 2.24) is 20.2 Å². The molecule has 2 aromatic carbocycles.